The Morgan fingerprint density at radius 1 is 1.19 bits per heavy atom. The maximum atomic E-state index is 13.2. The standard InChI is InChI=1S/C14H17F4NO.ClH/c15-9-5-6-11(14(16,17)18)10(7-9)12(19)13(20)8-3-1-2-4-8;/h5-8,12-13,20H,1-4,19H2;1H/t12-,13+;/m0./s1. The number of rotatable bonds is 3. The summed E-state index contributed by atoms with van der Waals surface area (Å²) in [6.45, 7) is 0. The zero-order chi connectivity index (χ0) is 14.9. The molecule has 0 saturated heterocycles. The van der Waals surface area contributed by atoms with Crippen LogP contribution in [0.15, 0.2) is 18.2 Å². The second-order valence-electron chi connectivity index (χ2n) is 5.29. The summed E-state index contributed by atoms with van der Waals surface area (Å²) in [5.74, 6) is -0.906. The Labute approximate surface area is 126 Å². The summed E-state index contributed by atoms with van der Waals surface area (Å²) in [6.07, 6.45) is -2.35. The fourth-order valence-electron chi connectivity index (χ4n) is 2.84. The van der Waals surface area contributed by atoms with E-state index in [1.807, 2.05) is 0 Å². The Morgan fingerprint density at radius 2 is 1.76 bits per heavy atom. The second kappa shape index (κ2) is 6.94. The van der Waals surface area contributed by atoms with Crippen molar-refractivity contribution < 1.29 is 22.7 Å². The van der Waals surface area contributed by atoms with Gasteiger partial charge >= 0.3 is 6.18 Å². The Bertz CT molecular complexity index is 475. The molecule has 1 fully saturated rings. The molecule has 7 heteroatoms. The van der Waals surface area contributed by atoms with E-state index in [2.05, 4.69) is 0 Å². The van der Waals surface area contributed by atoms with Crippen LogP contribution in [-0.2, 0) is 6.18 Å². The van der Waals surface area contributed by atoms with Gasteiger partial charge < -0.3 is 10.8 Å². The molecule has 0 radical (unpaired) electrons. The topological polar surface area (TPSA) is 46.2 Å². The molecule has 1 aliphatic carbocycles. The highest BCUT2D eigenvalue weighted by molar-refractivity contribution is 5.85. The minimum atomic E-state index is -4.62. The highest BCUT2D eigenvalue weighted by atomic mass is 35.5. The zero-order valence-electron chi connectivity index (χ0n) is 11.2. The van der Waals surface area contributed by atoms with Crippen molar-refractivity contribution in [3.05, 3.63) is 35.1 Å². The van der Waals surface area contributed by atoms with E-state index in [0.29, 0.717) is 6.07 Å². The number of halogens is 5. The van der Waals surface area contributed by atoms with Crippen molar-refractivity contribution in [1.82, 2.24) is 0 Å². The average molecular weight is 328 g/mol. The Morgan fingerprint density at radius 3 is 2.29 bits per heavy atom. The molecule has 21 heavy (non-hydrogen) atoms. The molecule has 2 atom stereocenters. The van der Waals surface area contributed by atoms with Gasteiger partial charge in [-0.25, -0.2) is 4.39 Å². The van der Waals surface area contributed by atoms with E-state index in [1.165, 1.54) is 0 Å². The van der Waals surface area contributed by atoms with Gasteiger partial charge in [0.25, 0.3) is 0 Å². The van der Waals surface area contributed by atoms with Crippen LogP contribution in [0.2, 0.25) is 0 Å². The highest BCUT2D eigenvalue weighted by Gasteiger charge is 2.38. The molecule has 0 aromatic heterocycles. The van der Waals surface area contributed by atoms with Crippen LogP contribution in [0.5, 0.6) is 0 Å². The molecule has 2 rings (SSSR count). The molecule has 2 nitrogen and oxygen atoms in total. The van der Waals surface area contributed by atoms with Gasteiger partial charge in [-0.15, -0.1) is 12.4 Å². The minimum absolute atomic E-state index is 0. The van der Waals surface area contributed by atoms with Crippen LogP contribution in [0.4, 0.5) is 17.6 Å². The molecular formula is C14H18ClF4NO. The van der Waals surface area contributed by atoms with E-state index >= 15 is 0 Å². The number of alkyl halides is 3. The molecule has 0 heterocycles. The fourth-order valence-corrected chi connectivity index (χ4v) is 2.84. The molecule has 0 unspecified atom stereocenters. The van der Waals surface area contributed by atoms with Gasteiger partial charge in [-0.1, -0.05) is 12.8 Å². The molecule has 1 aromatic rings. The smallest absolute Gasteiger partial charge is 0.391 e. The van der Waals surface area contributed by atoms with Crippen LogP contribution in [0.1, 0.15) is 42.9 Å². The number of aliphatic hydroxyl groups is 1. The van der Waals surface area contributed by atoms with E-state index in [-0.39, 0.29) is 23.9 Å². The van der Waals surface area contributed by atoms with E-state index < -0.39 is 29.7 Å². The van der Waals surface area contributed by atoms with Crippen LogP contribution < -0.4 is 5.73 Å². The molecule has 0 aliphatic heterocycles. The predicted octanol–water partition coefficient (Wildman–Crippen LogP) is 3.82. The molecular weight excluding hydrogens is 310 g/mol. The van der Waals surface area contributed by atoms with Gasteiger partial charge in [0.1, 0.15) is 5.82 Å². The Hall–Kier alpha value is -0.850. The van der Waals surface area contributed by atoms with Crippen molar-refractivity contribution in [2.75, 3.05) is 0 Å². The third kappa shape index (κ3) is 4.08. The van der Waals surface area contributed by atoms with Crippen molar-refractivity contribution >= 4 is 12.4 Å². The van der Waals surface area contributed by atoms with Gasteiger partial charge in [0.15, 0.2) is 0 Å². The third-order valence-corrected chi connectivity index (χ3v) is 3.93. The van der Waals surface area contributed by atoms with Gasteiger partial charge in [-0.2, -0.15) is 13.2 Å². The first kappa shape index (κ1) is 18.2. The monoisotopic (exact) mass is 327 g/mol. The Kier molecular flexibility index (Phi) is 6.01. The predicted molar refractivity (Wildman–Crippen MR) is 73.5 cm³/mol. The van der Waals surface area contributed by atoms with E-state index in [1.54, 1.807) is 0 Å². The van der Waals surface area contributed by atoms with Crippen molar-refractivity contribution in [2.45, 2.75) is 44.0 Å². The molecule has 1 saturated carbocycles. The highest BCUT2D eigenvalue weighted by Crippen LogP contribution is 2.38. The first-order valence-corrected chi connectivity index (χ1v) is 6.61. The lowest BCUT2D eigenvalue weighted by molar-refractivity contribution is -0.138. The van der Waals surface area contributed by atoms with Crippen LogP contribution in [0.3, 0.4) is 0 Å². The number of nitrogens with two attached hydrogens (primary N) is 1. The fraction of sp³-hybridized carbons (Fsp3) is 0.571. The molecule has 120 valence electrons. The van der Waals surface area contributed by atoms with Gasteiger partial charge in [0, 0.05) is 0 Å². The van der Waals surface area contributed by atoms with E-state index in [0.717, 1.165) is 37.8 Å². The molecule has 1 aliphatic rings. The summed E-state index contributed by atoms with van der Waals surface area (Å²) in [5.41, 5.74) is 4.41. The molecule has 0 bridgehead atoms. The third-order valence-electron chi connectivity index (χ3n) is 3.93. The first-order valence-electron chi connectivity index (χ1n) is 6.61. The lowest BCUT2D eigenvalue weighted by atomic mass is 9.88. The largest absolute Gasteiger partial charge is 0.416 e. The summed E-state index contributed by atoms with van der Waals surface area (Å²) in [7, 11) is 0. The quantitative estimate of drug-likeness (QED) is 0.829. The van der Waals surface area contributed by atoms with Gasteiger partial charge in [0.2, 0.25) is 0 Å². The normalized spacial score (nSPS) is 19.1. The van der Waals surface area contributed by atoms with Crippen LogP contribution in [0.25, 0.3) is 0 Å². The summed E-state index contributed by atoms with van der Waals surface area (Å²) in [6, 6.07) is 0.962. The van der Waals surface area contributed by atoms with Gasteiger partial charge in [-0.05, 0) is 42.5 Å². The minimum Gasteiger partial charge on any atom is -0.391 e. The van der Waals surface area contributed by atoms with E-state index in [9.17, 15) is 22.7 Å². The van der Waals surface area contributed by atoms with Crippen LogP contribution in [-0.4, -0.2) is 11.2 Å². The average Bonchev–Trinajstić information content (AvgIpc) is 2.89. The second-order valence-corrected chi connectivity index (χ2v) is 5.29. The van der Waals surface area contributed by atoms with Crippen molar-refractivity contribution in [3.8, 4) is 0 Å². The molecule has 0 amide bonds. The summed E-state index contributed by atoms with van der Waals surface area (Å²) >= 11 is 0. The molecule has 1 aromatic carbocycles. The first-order chi connectivity index (χ1) is 9.30. The van der Waals surface area contributed by atoms with Crippen LogP contribution in [0, 0.1) is 11.7 Å². The van der Waals surface area contributed by atoms with Crippen molar-refractivity contribution in [2.24, 2.45) is 11.7 Å². The van der Waals surface area contributed by atoms with Gasteiger partial charge in [-0.3, -0.25) is 0 Å². The summed E-state index contributed by atoms with van der Waals surface area (Å²) < 4.78 is 52.0. The number of aliphatic hydroxyl groups excluding tert-OH is 1. The zero-order valence-corrected chi connectivity index (χ0v) is 12.1. The Balaban J connectivity index is 0.00000220. The summed E-state index contributed by atoms with van der Waals surface area (Å²) in [5, 5.41) is 10.1. The van der Waals surface area contributed by atoms with Crippen molar-refractivity contribution in [3.63, 3.8) is 0 Å². The number of benzene rings is 1. The maximum Gasteiger partial charge on any atom is 0.416 e. The van der Waals surface area contributed by atoms with Crippen LogP contribution >= 0.6 is 12.4 Å². The SMILES string of the molecule is Cl.N[C@@H](c1cc(F)ccc1C(F)(F)F)[C@H](O)C1CCCC1. The lowest BCUT2D eigenvalue weighted by Gasteiger charge is -2.26. The molecule has 0 spiro atoms. The number of hydrogen-bond donors (Lipinski definition) is 2. The van der Waals surface area contributed by atoms with Gasteiger partial charge in [0.05, 0.1) is 17.7 Å². The number of hydrogen-bond acceptors (Lipinski definition) is 2. The maximum absolute atomic E-state index is 13.2. The van der Waals surface area contributed by atoms with Crippen molar-refractivity contribution in [1.29, 1.82) is 0 Å². The van der Waals surface area contributed by atoms with E-state index in [4.69, 9.17) is 5.73 Å². The summed E-state index contributed by atoms with van der Waals surface area (Å²) in [4.78, 5) is 0. The molecule has 3 N–H and O–H groups in total. The lowest BCUT2D eigenvalue weighted by Crippen LogP contribution is -2.33.